The second-order valence-electron chi connectivity index (χ2n) is 5.93. The largest absolute Gasteiger partial charge is 0.391 e. The molecule has 1 aliphatic carbocycles. The van der Waals surface area contributed by atoms with E-state index in [1.165, 1.54) is 12.8 Å². The molecule has 2 heterocycles. The van der Waals surface area contributed by atoms with Crippen molar-refractivity contribution in [2.45, 2.75) is 51.6 Å². The van der Waals surface area contributed by atoms with Gasteiger partial charge in [0.25, 0.3) is 0 Å². The maximum Gasteiger partial charge on any atom is 0.137 e. The molecule has 1 atom stereocenters. The van der Waals surface area contributed by atoms with E-state index in [9.17, 15) is 5.11 Å². The zero-order valence-corrected chi connectivity index (χ0v) is 12.4. The summed E-state index contributed by atoms with van der Waals surface area (Å²) in [6.45, 7) is 6.69. The number of hydrogen-bond donors (Lipinski definition) is 2. The van der Waals surface area contributed by atoms with Crippen molar-refractivity contribution >= 4 is 11.6 Å². The molecule has 20 heavy (non-hydrogen) atoms. The normalized spacial score (nSPS) is 22.9. The molecule has 2 N–H and O–H groups in total. The van der Waals surface area contributed by atoms with Gasteiger partial charge in [0.2, 0.25) is 0 Å². The molecule has 2 fully saturated rings. The summed E-state index contributed by atoms with van der Waals surface area (Å²) in [5.41, 5.74) is 1.10. The highest BCUT2D eigenvalue weighted by molar-refractivity contribution is 5.59. The first kappa shape index (κ1) is 13.6. The minimum absolute atomic E-state index is 0.231. The van der Waals surface area contributed by atoms with Crippen LogP contribution in [0.15, 0.2) is 0 Å². The van der Waals surface area contributed by atoms with Crippen molar-refractivity contribution in [2.75, 3.05) is 29.9 Å². The van der Waals surface area contributed by atoms with Gasteiger partial charge in [-0.2, -0.15) is 0 Å². The molecule has 1 saturated heterocycles. The summed E-state index contributed by atoms with van der Waals surface area (Å²) < 4.78 is 0. The van der Waals surface area contributed by atoms with Crippen LogP contribution >= 0.6 is 0 Å². The second kappa shape index (κ2) is 5.56. The topological polar surface area (TPSA) is 61.3 Å². The highest BCUT2D eigenvalue weighted by Crippen LogP contribution is 2.40. The minimum Gasteiger partial charge on any atom is -0.391 e. The quantitative estimate of drug-likeness (QED) is 0.881. The Balaban J connectivity index is 1.94. The van der Waals surface area contributed by atoms with Gasteiger partial charge in [-0.3, -0.25) is 0 Å². The molecule has 0 bridgehead atoms. The number of anilines is 2. The first-order chi connectivity index (χ1) is 9.69. The molecule has 2 aliphatic rings. The van der Waals surface area contributed by atoms with Crippen molar-refractivity contribution in [1.29, 1.82) is 0 Å². The van der Waals surface area contributed by atoms with Gasteiger partial charge < -0.3 is 15.3 Å². The maximum atomic E-state index is 9.89. The molecule has 0 spiro atoms. The number of rotatable bonds is 4. The Hall–Kier alpha value is -1.36. The Morgan fingerprint density at radius 1 is 1.30 bits per heavy atom. The highest BCUT2D eigenvalue weighted by atomic mass is 16.3. The molecule has 0 aromatic carbocycles. The van der Waals surface area contributed by atoms with Crippen molar-refractivity contribution in [2.24, 2.45) is 0 Å². The third-order valence-electron chi connectivity index (χ3n) is 4.12. The van der Waals surface area contributed by atoms with Crippen LogP contribution in [0.1, 0.15) is 49.9 Å². The molecule has 1 unspecified atom stereocenters. The van der Waals surface area contributed by atoms with E-state index in [2.05, 4.69) is 29.0 Å². The Morgan fingerprint density at radius 2 is 2.10 bits per heavy atom. The summed E-state index contributed by atoms with van der Waals surface area (Å²) in [6.07, 6.45) is 4.11. The van der Waals surface area contributed by atoms with Gasteiger partial charge in [0.15, 0.2) is 0 Å². The summed E-state index contributed by atoms with van der Waals surface area (Å²) >= 11 is 0. The number of aliphatic hydroxyl groups excluding tert-OH is 1. The number of aromatic nitrogens is 2. The zero-order valence-electron chi connectivity index (χ0n) is 12.4. The maximum absolute atomic E-state index is 9.89. The number of hydrogen-bond acceptors (Lipinski definition) is 5. The molecule has 0 radical (unpaired) electrons. The van der Waals surface area contributed by atoms with E-state index >= 15 is 0 Å². The predicted octanol–water partition coefficient (Wildman–Crippen LogP) is 2.06. The van der Waals surface area contributed by atoms with E-state index in [-0.39, 0.29) is 6.10 Å². The molecule has 1 aromatic heterocycles. The van der Waals surface area contributed by atoms with Crippen molar-refractivity contribution < 1.29 is 5.11 Å². The van der Waals surface area contributed by atoms with Gasteiger partial charge in [-0.25, -0.2) is 9.97 Å². The number of nitrogens with one attached hydrogen (secondary N) is 1. The van der Waals surface area contributed by atoms with Crippen LogP contribution in [-0.4, -0.2) is 40.8 Å². The number of piperidine rings is 1. The van der Waals surface area contributed by atoms with E-state index in [1.807, 2.05) is 0 Å². The van der Waals surface area contributed by atoms with Crippen LogP contribution in [0.5, 0.6) is 0 Å². The van der Waals surface area contributed by atoms with E-state index < -0.39 is 0 Å². The van der Waals surface area contributed by atoms with Crippen LogP contribution in [0, 0.1) is 6.92 Å². The Labute approximate surface area is 120 Å². The highest BCUT2D eigenvalue weighted by Gasteiger charge is 2.30. The monoisotopic (exact) mass is 276 g/mol. The fraction of sp³-hybridized carbons (Fsp3) is 0.733. The first-order valence-electron chi connectivity index (χ1n) is 7.74. The van der Waals surface area contributed by atoms with Gasteiger partial charge in [0, 0.05) is 31.1 Å². The first-order valence-corrected chi connectivity index (χ1v) is 7.74. The number of β-amino-alcohol motifs (C(OH)–C–C–N with tert-alkyl or cyclic N) is 1. The fourth-order valence-electron chi connectivity index (χ4n) is 2.84. The lowest BCUT2D eigenvalue weighted by atomic mass is 10.1. The second-order valence-corrected chi connectivity index (χ2v) is 5.93. The van der Waals surface area contributed by atoms with Crippen molar-refractivity contribution in [3.63, 3.8) is 0 Å². The Morgan fingerprint density at radius 3 is 2.75 bits per heavy atom. The van der Waals surface area contributed by atoms with Gasteiger partial charge in [0.05, 0.1) is 6.10 Å². The lowest BCUT2D eigenvalue weighted by Crippen LogP contribution is -2.39. The lowest BCUT2D eigenvalue weighted by Gasteiger charge is -2.32. The molecule has 110 valence electrons. The predicted molar refractivity (Wildman–Crippen MR) is 80.4 cm³/mol. The molecule has 1 aromatic rings. The number of aliphatic hydroxyl groups is 1. The third-order valence-corrected chi connectivity index (χ3v) is 4.12. The summed E-state index contributed by atoms with van der Waals surface area (Å²) in [6, 6.07) is 0. The van der Waals surface area contributed by atoms with Gasteiger partial charge in [-0.15, -0.1) is 0 Å². The van der Waals surface area contributed by atoms with Crippen LogP contribution in [0.4, 0.5) is 11.6 Å². The summed E-state index contributed by atoms with van der Waals surface area (Å²) in [5.74, 6) is 3.49. The lowest BCUT2D eigenvalue weighted by molar-refractivity contribution is 0.154. The van der Waals surface area contributed by atoms with Gasteiger partial charge >= 0.3 is 0 Å². The average molecular weight is 276 g/mol. The molecular formula is C15H24N4O. The van der Waals surface area contributed by atoms with Crippen LogP contribution in [0.2, 0.25) is 0 Å². The summed E-state index contributed by atoms with van der Waals surface area (Å²) in [7, 11) is 0. The smallest absolute Gasteiger partial charge is 0.137 e. The summed E-state index contributed by atoms with van der Waals surface area (Å²) in [5, 5.41) is 13.2. The van der Waals surface area contributed by atoms with Crippen molar-refractivity contribution in [1.82, 2.24) is 9.97 Å². The van der Waals surface area contributed by atoms with Crippen LogP contribution in [0.25, 0.3) is 0 Å². The Bertz CT molecular complexity index is 487. The van der Waals surface area contributed by atoms with E-state index in [0.29, 0.717) is 12.5 Å². The average Bonchev–Trinajstić information content (AvgIpc) is 3.26. The number of nitrogens with zero attached hydrogens (tertiary/aromatic N) is 3. The van der Waals surface area contributed by atoms with Gasteiger partial charge in [-0.1, -0.05) is 0 Å². The molecule has 5 heteroatoms. The molecule has 1 saturated carbocycles. The van der Waals surface area contributed by atoms with Crippen molar-refractivity contribution in [3.05, 3.63) is 11.4 Å². The molecule has 5 nitrogen and oxygen atoms in total. The molecule has 1 aliphatic heterocycles. The SMILES string of the molecule is CCNc1nc(C2CC2)nc(N2CCCC(O)C2)c1C. The van der Waals surface area contributed by atoms with Crippen LogP contribution in [0.3, 0.4) is 0 Å². The fourth-order valence-corrected chi connectivity index (χ4v) is 2.84. The van der Waals surface area contributed by atoms with Crippen molar-refractivity contribution in [3.8, 4) is 0 Å². The summed E-state index contributed by atoms with van der Waals surface area (Å²) in [4.78, 5) is 11.7. The third kappa shape index (κ3) is 2.73. The molecule has 3 rings (SSSR count). The minimum atomic E-state index is -0.231. The molecular weight excluding hydrogens is 252 g/mol. The van der Waals surface area contributed by atoms with Gasteiger partial charge in [0.1, 0.15) is 17.5 Å². The Kier molecular flexibility index (Phi) is 3.78. The van der Waals surface area contributed by atoms with Crippen LogP contribution < -0.4 is 10.2 Å². The van der Waals surface area contributed by atoms with Gasteiger partial charge in [-0.05, 0) is 39.5 Å². The van der Waals surface area contributed by atoms with Crippen LogP contribution in [-0.2, 0) is 0 Å². The standard InChI is InChI=1S/C15H24N4O/c1-3-16-13-10(2)15(18-14(17-13)11-6-7-11)19-8-4-5-12(20)9-19/h11-12,20H,3-9H2,1-2H3,(H,16,17,18). The van der Waals surface area contributed by atoms with E-state index in [4.69, 9.17) is 4.98 Å². The van der Waals surface area contributed by atoms with E-state index in [1.54, 1.807) is 0 Å². The zero-order chi connectivity index (χ0) is 14.1. The van der Waals surface area contributed by atoms with E-state index in [0.717, 1.165) is 49.0 Å². The molecule has 0 amide bonds.